The number of hydrogen-bond donors (Lipinski definition) is 0. The minimum atomic E-state index is -0.342. The third-order valence-corrected chi connectivity index (χ3v) is 6.06. The van der Waals surface area contributed by atoms with E-state index in [1.165, 1.54) is 5.56 Å². The van der Waals surface area contributed by atoms with E-state index in [4.69, 9.17) is 9.15 Å². The summed E-state index contributed by atoms with van der Waals surface area (Å²) in [6.45, 7) is 9.35. The molecule has 7 nitrogen and oxygen atoms in total. The standard InChI is InChI=1S/C24H27N3O4/c1-16-17(2)24(29)31-23-18(3)21(5-4-20(16)23)30-15-22(28)27-12-10-26(11-13-27)14-19-6-8-25-9-7-19/h4-9H,10-15H2,1-3H3. The fourth-order valence-corrected chi connectivity index (χ4v) is 3.91. The zero-order valence-electron chi connectivity index (χ0n) is 18.2. The minimum absolute atomic E-state index is 0.0359. The van der Waals surface area contributed by atoms with Crippen LogP contribution in [0.25, 0.3) is 11.0 Å². The van der Waals surface area contributed by atoms with Crippen LogP contribution in [0.1, 0.15) is 22.3 Å². The summed E-state index contributed by atoms with van der Waals surface area (Å²) in [6.07, 6.45) is 3.60. The lowest BCUT2D eigenvalue weighted by molar-refractivity contribution is -0.135. The number of ether oxygens (including phenoxy) is 1. The summed E-state index contributed by atoms with van der Waals surface area (Å²) in [5, 5.41) is 0.888. The van der Waals surface area contributed by atoms with Crippen molar-refractivity contribution in [1.29, 1.82) is 0 Å². The third kappa shape index (κ3) is 4.46. The smallest absolute Gasteiger partial charge is 0.339 e. The molecule has 162 valence electrons. The summed E-state index contributed by atoms with van der Waals surface area (Å²) in [7, 11) is 0. The highest BCUT2D eigenvalue weighted by molar-refractivity contribution is 5.85. The maximum Gasteiger partial charge on any atom is 0.339 e. The molecule has 0 atom stereocenters. The SMILES string of the molecule is Cc1c(C)c2ccc(OCC(=O)N3CCN(Cc4ccncc4)CC3)c(C)c2oc1=O. The van der Waals surface area contributed by atoms with Gasteiger partial charge >= 0.3 is 5.63 Å². The number of fused-ring (bicyclic) bond motifs is 1. The molecule has 0 unspecified atom stereocenters. The molecule has 1 aromatic carbocycles. The average molecular weight is 421 g/mol. The summed E-state index contributed by atoms with van der Waals surface area (Å²) >= 11 is 0. The van der Waals surface area contributed by atoms with Gasteiger partial charge in [-0.25, -0.2) is 4.79 Å². The van der Waals surface area contributed by atoms with Crippen molar-refractivity contribution in [2.24, 2.45) is 0 Å². The number of amides is 1. The first-order chi connectivity index (χ1) is 14.9. The van der Waals surface area contributed by atoms with Gasteiger partial charge in [-0.15, -0.1) is 0 Å². The predicted octanol–water partition coefficient (Wildman–Crippen LogP) is 2.84. The second kappa shape index (κ2) is 8.89. The van der Waals surface area contributed by atoms with E-state index in [0.717, 1.165) is 36.1 Å². The van der Waals surface area contributed by atoms with Crippen LogP contribution in [0, 0.1) is 20.8 Å². The van der Waals surface area contributed by atoms with Crippen molar-refractivity contribution >= 4 is 16.9 Å². The van der Waals surface area contributed by atoms with Gasteiger partial charge in [0.15, 0.2) is 6.61 Å². The number of carbonyl (C=O) groups is 1. The number of aromatic nitrogens is 1. The molecular formula is C24H27N3O4. The Morgan fingerprint density at radius 1 is 1.00 bits per heavy atom. The Labute approximate surface area is 181 Å². The maximum atomic E-state index is 12.7. The molecule has 0 spiro atoms. The van der Waals surface area contributed by atoms with Crippen molar-refractivity contribution in [3.05, 3.63) is 69.3 Å². The van der Waals surface area contributed by atoms with Crippen LogP contribution in [0.3, 0.4) is 0 Å². The topological polar surface area (TPSA) is 75.9 Å². The highest BCUT2D eigenvalue weighted by atomic mass is 16.5. The molecule has 1 saturated heterocycles. The number of hydrogen-bond acceptors (Lipinski definition) is 6. The molecule has 2 aromatic heterocycles. The van der Waals surface area contributed by atoms with E-state index in [-0.39, 0.29) is 18.1 Å². The summed E-state index contributed by atoms with van der Waals surface area (Å²) in [6, 6.07) is 7.75. The zero-order valence-corrected chi connectivity index (χ0v) is 18.2. The van der Waals surface area contributed by atoms with Gasteiger partial charge < -0.3 is 14.1 Å². The molecule has 31 heavy (non-hydrogen) atoms. The van der Waals surface area contributed by atoms with E-state index < -0.39 is 0 Å². The molecule has 1 fully saturated rings. The summed E-state index contributed by atoms with van der Waals surface area (Å²) in [5.74, 6) is 0.521. The number of carbonyl (C=O) groups excluding carboxylic acids is 1. The van der Waals surface area contributed by atoms with Crippen LogP contribution in [0.5, 0.6) is 5.75 Å². The Kier molecular flexibility index (Phi) is 6.04. The minimum Gasteiger partial charge on any atom is -0.483 e. The monoisotopic (exact) mass is 421 g/mol. The van der Waals surface area contributed by atoms with E-state index in [9.17, 15) is 9.59 Å². The van der Waals surface area contributed by atoms with Crippen LogP contribution in [0.4, 0.5) is 0 Å². The number of nitrogens with zero attached hydrogens (tertiary/aromatic N) is 3. The second-order valence-corrected chi connectivity index (χ2v) is 8.01. The molecular weight excluding hydrogens is 394 g/mol. The number of piperazine rings is 1. The van der Waals surface area contributed by atoms with Crippen molar-refractivity contribution < 1.29 is 13.9 Å². The fourth-order valence-electron chi connectivity index (χ4n) is 3.91. The number of pyridine rings is 1. The third-order valence-electron chi connectivity index (χ3n) is 6.06. The van der Waals surface area contributed by atoms with Crippen LogP contribution in [0.15, 0.2) is 45.9 Å². The Balaban J connectivity index is 1.36. The maximum absolute atomic E-state index is 12.7. The predicted molar refractivity (Wildman–Crippen MR) is 118 cm³/mol. The van der Waals surface area contributed by atoms with Crippen molar-refractivity contribution in [3.63, 3.8) is 0 Å². The molecule has 0 aliphatic carbocycles. The molecule has 0 bridgehead atoms. The Morgan fingerprint density at radius 2 is 1.71 bits per heavy atom. The number of rotatable bonds is 5. The highest BCUT2D eigenvalue weighted by Crippen LogP contribution is 2.29. The van der Waals surface area contributed by atoms with Crippen molar-refractivity contribution in [2.45, 2.75) is 27.3 Å². The van der Waals surface area contributed by atoms with Gasteiger partial charge in [0.1, 0.15) is 11.3 Å². The van der Waals surface area contributed by atoms with Gasteiger partial charge in [0.05, 0.1) is 0 Å². The molecule has 1 amide bonds. The first-order valence-electron chi connectivity index (χ1n) is 10.5. The van der Waals surface area contributed by atoms with Gasteiger partial charge in [-0.05, 0) is 56.2 Å². The first kappa shape index (κ1) is 21.1. The molecule has 3 heterocycles. The summed E-state index contributed by atoms with van der Waals surface area (Å²) < 4.78 is 11.3. The second-order valence-electron chi connectivity index (χ2n) is 8.01. The van der Waals surface area contributed by atoms with E-state index in [1.54, 1.807) is 19.3 Å². The molecule has 0 radical (unpaired) electrons. The fraction of sp³-hybridized carbons (Fsp3) is 0.375. The van der Waals surface area contributed by atoms with Crippen molar-refractivity contribution in [1.82, 2.24) is 14.8 Å². The summed E-state index contributed by atoms with van der Waals surface area (Å²) in [5.41, 5.74) is 3.64. The Bertz CT molecular complexity index is 1150. The van der Waals surface area contributed by atoms with E-state index >= 15 is 0 Å². The Morgan fingerprint density at radius 3 is 2.42 bits per heavy atom. The number of aryl methyl sites for hydroxylation is 2. The van der Waals surface area contributed by atoms with Crippen LogP contribution < -0.4 is 10.4 Å². The molecule has 0 N–H and O–H groups in total. The zero-order chi connectivity index (χ0) is 22.0. The molecule has 1 aliphatic rings. The molecule has 1 aliphatic heterocycles. The van der Waals surface area contributed by atoms with Crippen LogP contribution in [0.2, 0.25) is 0 Å². The molecule has 4 rings (SSSR count). The lowest BCUT2D eigenvalue weighted by Gasteiger charge is -2.34. The molecule has 3 aromatic rings. The molecule has 0 saturated carbocycles. The van der Waals surface area contributed by atoms with Gasteiger partial charge in [0.2, 0.25) is 0 Å². The van der Waals surface area contributed by atoms with Crippen LogP contribution in [-0.4, -0.2) is 53.5 Å². The van der Waals surface area contributed by atoms with Gasteiger partial charge in [0, 0.05) is 61.6 Å². The van der Waals surface area contributed by atoms with E-state index in [0.29, 0.717) is 30.0 Å². The quantitative estimate of drug-likeness (QED) is 0.590. The molecule has 7 heteroatoms. The van der Waals surface area contributed by atoms with E-state index in [1.807, 2.05) is 43.0 Å². The lowest BCUT2D eigenvalue weighted by atomic mass is 10.0. The summed E-state index contributed by atoms with van der Waals surface area (Å²) in [4.78, 5) is 32.9. The van der Waals surface area contributed by atoms with Crippen LogP contribution >= 0.6 is 0 Å². The van der Waals surface area contributed by atoms with Gasteiger partial charge in [-0.3, -0.25) is 14.7 Å². The normalized spacial score (nSPS) is 14.7. The van der Waals surface area contributed by atoms with Crippen molar-refractivity contribution in [2.75, 3.05) is 32.8 Å². The largest absolute Gasteiger partial charge is 0.483 e. The van der Waals surface area contributed by atoms with Gasteiger partial charge in [-0.1, -0.05) is 0 Å². The van der Waals surface area contributed by atoms with Gasteiger partial charge in [0.25, 0.3) is 5.91 Å². The van der Waals surface area contributed by atoms with E-state index in [2.05, 4.69) is 9.88 Å². The Hall–Kier alpha value is -3.19. The van der Waals surface area contributed by atoms with Gasteiger partial charge in [-0.2, -0.15) is 0 Å². The van der Waals surface area contributed by atoms with Crippen LogP contribution in [-0.2, 0) is 11.3 Å². The average Bonchev–Trinajstić information content (AvgIpc) is 2.78. The van der Waals surface area contributed by atoms with Crippen molar-refractivity contribution in [3.8, 4) is 5.75 Å². The first-order valence-corrected chi connectivity index (χ1v) is 10.5. The highest BCUT2D eigenvalue weighted by Gasteiger charge is 2.22. The number of benzene rings is 1. The lowest BCUT2D eigenvalue weighted by Crippen LogP contribution is -2.49.